The highest BCUT2D eigenvalue weighted by atomic mass is 19.4. The highest BCUT2D eigenvalue weighted by molar-refractivity contribution is 5.89. The summed E-state index contributed by atoms with van der Waals surface area (Å²) in [6.45, 7) is 3.80. The fraction of sp³-hybridized carbons (Fsp3) is 0.389. The fourth-order valence-corrected chi connectivity index (χ4v) is 2.55. The zero-order chi connectivity index (χ0) is 24.6. The fourth-order valence-electron chi connectivity index (χ4n) is 2.55. The Morgan fingerprint density at radius 3 is 2.55 bits per heavy atom. The largest absolute Gasteiger partial charge is 0.490 e. The van der Waals surface area contributed by atoms with Crippen LogP contribution in [0.2, 0.25) is 0 Å². The molecule has 33 heavy (non-hydrogen) atoms. The van der Waals surface area contributed by atoms with Crippen molar-refractivity contribution >= 4 is 22.8 Å². The molecule has 0 atom stereocenters. The van der Waals surface area contributed by atoms with Crippen molar-refractivity contribution in [1.29, 1.82) is 0 Å². The van der Waals surface area contributed by atoms with E-state index in [4.69, 9.17) is 36.5 Å². The number of carboxylic acids is 1. The van der Waals surface area contributed by atoms with E-state index in [0.717, 1.165) is 11.9 Å². The number of hydrogen-bond acceptors (Lipinski definition) is 10. The first-order chi connectivity index (χ1) is 15.6. The first kappa shape index (κ1) is 25.4. The molecule has 0 spiro atoms. The molecule has 15 heteroatoms. The standard InChI is InChI=1S/C16H20N8O2.C2HF3O2/c1-2-24-14-11(25-8-4-7-18)9-20-10(5-3-6-17)12(14)21-16(24)13-15(19)23-26-22-13;3-2(4,5)1(6)7/h9H,2,4,6-8,17-18H2,1H3,(H2,19,23);(H,6,7). The second kappa shape index (κ2) is 11.1. The van der Waals surface area contributed by atoms with Crippen molar-refractivity contribution < 1.29 is 32.4 Å². The molecule has 0 radical (unpaired) electrons. The van der Waals surface area contributed by atoms with E-state index >= 15 is 0 Å². The molecule has 0 aliphatic rings. The molecule has 0 saturated carbocycles. The van der Waals surface area contributed by atoms with E-state index in [0.29, 0.717) is 48.2 Å². The monoisotopic (exact) mass is 470 g/mol. The van der Waals surface area contributed by atoms with E-state index in [1.165, 1.54) is 0 Å². The molecule has 0 saturated heterocycles. The van der Waals surface area contributed by atoms with Gasteiger partial charge in [0, 0.05) is 6.54 Å². The summed E-state index contributed by atoms with van der Waals surface area (Å²) in [7, 11) is 0. The zero-order valence-corrected chi connectivity index (χ0v) is 17.4. The van der Waals surface area contributed by atoms with E-state index in [1.807, 2.05) is 11.5 Å². The van der Waals surface area contributed by atoms with Crippen molar-refractivity contribution in [2.45, 2.75) is 26.1 Å². The zero-order valence-electron chi connectivity index (χ0n) is 17.4. The van der Waals surface area contributed by atoms with Crippen molar-refractivity contribution in [2.75, 3.05) is 25.4 Å². The average molecular weight is 470 g/mol. The molecular formula is C18H21F3N8O4. The summed E-state index contributed by atoms with van der Waals surface area (Å²) in [6.07, 6.45) is -2.73. The Bertz CT molecular complexity index is 1160. The summed E-state index contributed by atoms with van der Waals surface area (Å²) < 4.78 is 44.2. The number of fused-ring (bicyclic) bond motifs is 1. The van der Waals surface area contributed by atoms with Gasteiger partial charge >= 0.3 is 12.1 Å². The lowest BCUT2D eigenvalue weighted by Crippen LogP contribution is -2.21. The average Bonchev–Trinajstić information content (AvgIpc) is 3.36. The van der Waals surface area contributed by atoms with Crippen LogP contribution in [0.5, 0.6) is 5.75 Å². The van der Waals surface area contributed by atoms with Gasteiger partial charge in [0.25, 0.3) is 0 Å². The van der Waals surface area contributed by atoms with Gasteiger partial charge in [-0.15, -0.1) is 0 Å². The lowest BCUT2D eigenvalue weighted by atomic mass is 10.2. The Morgan fingerprint density at radius 1 is 1.33 bits per heavy atom. The second-order valence-corrected chi connectivity index (χ2v) is 6.15. The molecule has 7 N–H and O–H groups in total. The molecule has 0 fully saturated rings. The van der Waals surface area contributed by atoms with Gasteiger partial charge in [-0.1, -0.05) is 5.92 Å². The van der Waals surface area contributed by atoms with Crippen molar-refractivity contribution in [3.05, 3.63) is 11.9 Å². The minimum atomic E-state index is -5.08. The van der Waals surface area contributed by atoms with Crippen LogP contribution in [0.4, 0.5) is 19.0 Å². The van der Waals surface area contributed by atoms with E-state index < -0.39 is 12.1 Å². The van der Waals surface area contributed by atoms with Crippen LogP contribution in [0.25, 0.3) is 22.6 Å². The number of nitrogens with zero attached hydrogens (tertiary/aromatic N) is 5. The number of alkyl halides is 3. The van der Waals surface area contributed by atoms with Crippen LogP contribution >= 0.6 is 0 Å². The number of aliphatic carboxylic acids is 1. The highest BCUT2D eigenvalue weighted by Crippen LogP contribution is 2.33. The molecule has 0 bridgehead atoms. The molecule has 0 aromatic carbocycles. The van der Waals surface area contributed by atoms with E-state index in [9.17, 15) is 13.2 Å². The van der Waals surface area contributed by atoms with Crippen molar-refractivity contribution in [2.24, 2.45) is 11.5 Å². The van der Waals surface area contributed by atoms with Crippen LogP contribution in [-0.4, -0.2) is 61.8 Å². The Kier molecular flexibility index (Phi) is 8.54. The van der Waals surface area contributed by atoms with Crippen molar-refractivity contribution in [3.8, 4) is 29.1 Å². The van der Waals surface area contributed by atoms with Gasteiger partial charge < -0.3 is 31.6 Å². The predicted octanol–water partition coefficient (Wildman–Crippen LogP) is 0.755. The third-order valence-corrected chi connectivity index (χ3v) is 3.94. The maximum atomic E-state index is 10.6. The van der Waals surface area contributed by atoms with Crippen molar-refractivity contribution in [1.82, 2.24) is 24.8 Å². The number of hydrogen-bond donors (Lipinski definition) is 4. The Balaban J connectivity index is 0.000000479. The van der Waals surface area contributed by atoms with Gasteiger partial charge in [-0.2, -0.15) is 13.2 Å². The number of ether oxygens (including phenoxy) is 1. The summed E-state index contributed by atoms with van der Waals surface area (Å²) in [5, 5.41) is 14.6. The number of pyridine rings is 1. The molecule has 3 heterocycles. The minimum Gasteiger partial charge on any atom is -0.490 e. The molecule has 178 valence electrons. The van der Waals surface area contributed by atoms with Gasteiger partial charge in [-0.05, 0) is 36.1 Å². The number of nitrogen functional groups attached to an aromatic ring is 1. The topological polar surface area (TPSA) is 194 Å². The van der Waals surface area contributed by atoms with E-state index in [2.05, 4.69) is 32.1 Å². The van der Waals surface area contributed by atoms with Crippen LogP contribution < -0.4 is 21.9 Å². The molecule has 0 aliphatic carbocycles. The number of anilines is 1. The summed E-state index contributed by atoms with van der Waals surface area (Å²) in [4.78, 5) is 17.9. The normalized spacial score (nSPS) is 10.8. The lowest BCUT2D eigenvalue weighted by molar-refractivity contribution is -0.192. The maximum absolute atomic E-state index is 10.6. The molecule has 0 unspecified atom stereocenters. The Labute approximate surface area is 184 Å². The first-order valence-corrected chi connectivity index (χ1v) is 9.45. The van der Waals surface area contributed by atoms with Crippen LogP contribution in [0, 0.1) is 11.8 Å². The quantitative estimate of drug-likeness (QED) is 0.293. The Hall–Kier alpha value is -3.90. The van der Waals surface area contributed by atoms with Crippen molar-refractivity contribution in [3.63, 3.8) is 0 Å². The summed E-state index contributed by atoms with van der Waals surface area (Å²) >= 11 is 0. The maximum Gasteiger partial charge on any atom is 0.490 e. The van der Waals surface area contributed by atoms with Crippen LogP contribution in [-0.2, 0) is 11.3 Å². The molecular weight excluding hydrogens is 449 g/mol. The molecule has 3 rings (SSSR count). The minimum absolute atomic E-state index is 0.156. The SMILES string of the molecule is CCn1c(-c2nonc2N)nc2c(C#CCN)ncc(OCCCN)c21.O=C(O)C(F)(F)F. The number of carboxylic acid groups (broad SMARTS) is 1. The Morgan fingerprint density at radius 2 is 2.03 bits per heavy atom. The smallest absolute Gasteiger partial charge is 0.490 e. The van der Waals surface area contributed by atoms with Gasteiger partial charge in [0.15, 0.2) is 23.1 Å². The number of imidazole rings is 1. The summed E-state index contributed by atoms with van der Waals surface area (Å²) in [6, 6.07) is 0. The van der Waals surface area contributed by atoms with Gasteiger partial charge in [-0.3, -0.25) is 0 Å². The third kappa shape index (κ3) is 6.08. The van der Waals surface area contributed by atoms with Gasteiger partial charge in [0.2, 0.25) is 0 Å². The number of nitrogens with two attached hydrogens (primary N) is 3. The van der Waals surface area contributed by atoms with Gasteiger partial charge in [-0.25, -0.2) is 19.4 Å². The number of carbonyl (C=O) groups is 1. The third-order valence-electron chi connectivity index (χ3n) is 3.94. The number of aromatic nitrogens is 5. The molecule has 3 aromatic heterocycles. The summed E-state index contributed by atoms with van der Waals surface area (Å²) in [5.74, 6) is 4.23. The number of halogens is 3. The molecule has 0 aliphatic heterocycles. The van der Waals surface area contributed by atoms with Crippen LogP contribution in [0.1, 0.15) is 19.0 Å². The van der Waals surface area contributed by atoms with E-state index in [-0.39, 0.29) is 12.4 Å². The number of aryl methyl sites for hydroxylation is 1. The van der Waals surface area contributed by atoms with E-state index in [1.54, 1.807) is 6.20 Å². The lowest BCUT2D eigenvalue weighted by Gasteiger charge is -2.10. The van der Waals surface area contributed by atoms with Gasteiger partial charge in [0.05, 0.1) is 19.3 Å². The first-order valence-electron chi connectivity index (χ1n) is 9.45. The van der Waals surface area contributed by atoms with Crippen LogP contribution in [0.15, 0.2) is 10.8 Å². The summed E-state index contributed by atoms with van der Waals surface area (Å²) in [5.41, 5.74) is 19.1. The van der Waals surface area contributed by atoms with Gasteiger partial charge in [0.1, 0.15) is 16.7 Å². The predicted molar refractivity (Wildman–Crippen MR) is 110 cm³/mol. The molecule has 3 aromatic rings. The van der Waals surface area contributed by atoms with Crippen LogP contribution in [0.3, 0.4) is 0 Å². The second-order valence-electron chi connectivity index (χ2n) is 6.15. The highest BCUT2D eigenvalue weighted by Gasteiger charge is 2.38. The number of rotatable bonds is 6. The molecule has 0 amide bonds. The molecule has 12 nitrogen and oxygen atoms in total.